The van der Waals surface area contributed by atoms with Gasteiger partial charge in [-0.15, -0.1) is 0 Å². The van der Waals surface area contributed by atoms with E-state index in [1.807, 2.05) is 12.1 Å². The number of hydrogen-bond acceptors (Lipinski definition) is 5. The average Bonchev–Trinajstić information content (AvgIpc) is 3.12. The molecule has 2 heterocycles. The van der Waals surface area contributed by atoms with Crippen molar-refractivity contribution >= 4 is 22.6 Å². The molecule has 1 aliphatic rings. The monoisotopic (exact) mass is 350 g/mol. The van der Waals surface area contributed by atoms with Crippen molar-refractivity contribution in [1.82, 2.24) is 20.3 Å². The molecule has 0 bridgehead atoms. The topological polar surface area (TPSA) is 90.3 Å². The summed E-state index contributed by atoms with van der Waals surface area (Å²) in [6, 6.07) is 13.8. The molecular weight excluding hydrogens is 328 g/mol. The summed E-state index contributed by atoms with van der Waals surface area (Å²) in [5.74, 6) is 5.65. The minimum absolute atomic E-state index is 0.348. The molecule has 1 aromatic heterocycles. The second-order valence-corrected chi connectivity index (χ2v) is 6.60. The molecule has 1 fully saturated rings. The third-order valence-electron chi connectivity index (χ3n) is 4.90. The Morgan fingerprint density at radius 1 is 1.12 bits per heavy atom. The van der Waals surface area contributed by atoms with Gasteiger partial charge in [-0.1, -0.05) is 6.07 Å². The number of anilines is 1. The normalized spacial score (nSPS) is 15.4. The van der Waals surface area contributed by atoms with Gasteiger partial charge in [0.25, 0.3) is 5.91 Å². The van der Waals surface area contributed by atoms with E-state index < -0.39 is 0 Å². The lowest BCUT2D eigenvalue weighted by Crippen LogP contribution is -2.44. The van der Waals surface area contributed by atoms with E-state index in [1.165, 1.54) is 5.69 Å². The number of amides is 1. The second-order valence-electron chi connectivity index (χ2n) is 6.60. The van der Waals surface area contributed by atoms with Gasteiger partial charge in [-0.05, 0) is 43.4 Å². The van der Waals surface area contributed by atoms with E-state index >= 15 is 0 Å². The fourth-order valence-electron chi connectivity index (χ4n) is 3.32. The number of para-hydroxylation sites is 1. The number of benzene rings is 2. The van der Waals surface area contributed by atoms with E-state index in [0.717, 1.165) is 43.1 Å². The van der Waals surface area contributed by atoms with Crippen LogP contribution in [-0.2, 0) is 0 Å². The van der Waals surface area contributed by atoms with E-state index in [0.29, 0.717) is 11.1 Å². The SMILES string of the molecule is CN1CCN(c2ccc(-c3nc4c(C(=O)NN)cccc4[nH]3)cc2)CC1. The summed E-state index contributed by atoms with van der Waals surface area (Å²) in [4.78, 5) is 24.5. The number of nitrogen functional groups attached to an aromatic ring is 1. The summed E-state index contributed by atoms with van der Waals surface area (Å²) in [6.45, 7) is 4.24. The van der Waals surface area contributed by atoms with Crippen molar-refractivity contribution < 1.29 is 4.79 Å². The highest BCUT2D eigenvalue weighted by molar-refractivity contribution is 6.05. The summed E-state index contributed by atoms with van der Waals surface area (Å²) >= 11 is 0. The summed E-state index contributed by atoms with van der Waals surface area (Å²) < 4.78 is 0. The number of H-pyrrole nitrogens is 1. The summed E-state index contributed by atoms with van der Waals surface area (Å²) in [6.07, 6.45) is 0. The lowest BCUT2D eigenvalue weighted by molar-refractivity contribution is 0.0955. The Bertz CT molecular complexity index is 925. The first-order valence-electron chi connectivity index (χ1n) is 8.69. The number of piperazine rings is 1. The van der Waals surface area contributed by atoms with Gasteiger partial charge < -0.3 is 14.8 Å². The van der Waals surface area contributed by atoms with Crippen molar-refractivity contribution in [3.05, 3.63) is 48.0 Å². The number of hydrogen-bond donors (Lipinski definition) is 3. The van der Waals surface area contributed by atoms with Gasteiger partial charge in [0, 0.05) is 37.4 Å². The molecule has 134 valence electrons. The van der Waals surface area contributed by atoms with Crippen LogP contribution in [0.3, 0.4) is 0 Å². The van der Waals surface area contributed by atoms with Gasteiger partial charge in [0.2, 0.25) is 0 Å². The number of rotatable bonds is 3. The zero-order chi connectivity index (χ0) is 18.1. The first kappa shape index (κ1) is 16.6. The molecule has 0 spiro atoms. The number of carbonyl (C=O) groups excluding carboxylic acids is 1. The number of aromatic amines is 1. The zero-order valence-electron chi connectivity index (χ0n) is 14.7. The van der Waals surface area contributed by atoms with Crippen molar-refractivity contribution in [2.45, 2.75) is 0 Å². The van der Waals surface area contributed by atoms with Crippen LogP contribution in [0.2, 0.25) is 0 Å². The fourth-order valence-corrected chi connectivity index (χ4v) is 3.32. The van der Waals surface area contributed by atoms with Gasteiger partial charge in [0.05, 0.1) is 11.1 Å². The number of hydrazine groups is 1. The van der Waals surface area contributed by atoms with E-state index in [2.05, 4.69) is 56.5 Å². The molecule has 0 radical (unpaired) electrons. The Hall–Kier alpha value is -2.90. The van der Waals surface area contributed by atoms with Crippen molar-refractivity contribution in [1.29, 1.82) is 0 Å². The van der Waals surface area contributed by atoms with Crippen LogP contribution in [0.4, 0.5) is 5.69 Å². The summed E-state index contributed by atoms with van der Waals surface area (Å²) in [5.41, 5.74) is 6.26. The van der Waals surface area contributed by atoms with Crippen LogP contribution < -0.4 is 16.2 Å². The molecule has 7 nitrogen and oxygen atoms in total. The number of aromatic nitrogens is 2. The van der Waals surface area contributed by atoms with Gasteiger partial charge in [-0.2, -0.15) is 0 Å². The highest BCUT2D eigenvalue weighted by Crippen LogP contribution is 2.25. The number of carbonyl (C=O) groups is 1. The van der Waals surface area contributed by atoms with Gasteiger partial charge in [0.15, 0.2) is 0 Å². The molecule has 0 saturated carbocycles. The number of nitrogens with zero attached hydrogens (tertiary/aromatic N) is 3. The van der Waals surface area contributed by atoms with Crippen LogP contribution in [0, 0.1) is 0 Å². The minimum Gasteiger partial charge on any atom is -0.369 e. The first-order valence-corrected chi connectivity index (χ1v) is 8.69. The van der Waals surface area contributed by atoms with Gasteiger partial charge in [-0.25, -0.2) is 10.8 Å². The van der Waals surface area contributed by atoms with Gasteiger partial charge in [-0.3, -0.25) is 10.2 Å². The molecule has 4 rings (SSSR count). The van der Waals surface area contributed by atoms with Crippen molar-refractivity contribution in [2.75, 3.05) is 38.1 Å². The fraction of sp³-hybridized carbons (Fsp3) is 0.263. The molecule has 7 heteroatoms. The molecule has 0 atom stereocenters. The van der Waals surface area contributed by atoms with Crippen molar-refractivity contribution in [3.8, 4) is 11.4 Å². The summed E-state index contributed by atoms with van der Waals surface area (Å²) in [7, 11) is 2.15. The molecule has 1 saturated heterocycles. The molecule has 1 amide bonds. The Balaban J connectivity index is 1.62. The predicted molar refractivity (Wildman–Crippen MR) is 103 cm³/mol. The standard InChI is InChI=1S/C19H22N6O/c1-24-9-11-25(12-10-24)14-7-5-13(6-8-14)18-21-16-4-2-3-15(17(16)22-18)19(26)23-20/h2-8H,9-12,20H2,1H3,(H,21,22)(H,23,26). The Morgan fingerprint density at radius 2 is 1.85 bits per heavy atom. The number of nitrogens with one attached hydrogen (secondary N) is 2. The van der Waals surface area contributed by atoms with E-state index in [9.17, 15) is 4.79 Å². The Kier molecular flexibility index (Phi) is 4.32. The Labute approximate surface area is 151 Å². The van der Waals surface area contributed by atoms with Crippen LogP contribution in [0.15, 0.2) is 42.5 Å². The minimum atomic E-state index is -0.348. The molecule has 3 aromatic rings. The van der Waals surface area contributed by atoms with Crippen LogP contribution in [0.25, 0.3) is 22.4 Å². The smallest absolute Gasteiger partial charge is 0.267 e. The molecule has 4 N–H and O–H groups in total. The number of fused-ring (bicyclic) bond motifs is 1. The maximum absolute atomic E-state index is 11.9. The lowest BCUT2D eigenvalue weighted by Gasteiger charge is -2.34. The van der Waals surface area contributed by atoms with Crippen LogP contribution >= 0.6 is 0 Å². The Morgan fingerprint density at radius 3 is 2.54 bits per heavy atom. The molecule has 1 aliphatic heterocycles. The third kappa shape index (κ3) is 3.02. The molecule has 0 aliphatic carbocycles. The zero-order valence-corrected chi connectivity index (χ0v) is 14.7. The third-order valence-corrected chi connectivity index (χ3v) is 4.90. The predicted octanol–water partition coefficient (Wildman–Crippen LogP) is 1.59. The second kappa shape index (κ2) is 6.78. The van der Waals surface area contributed by atoms with Gasteiger partial charge in [0.1, 0.15) is 11.3 Å². The van der Waals surface area contributed by atoms with Crippen LogP contribution in [-0.4, -0.2) is 54.0 Å². The quantitative estimate of drug-likeness (QED) is 0.379. The largest absolute Gasteiger partial charge is 0.369 e. The number of likely N-dealkylation sites (N-methyl/N-ethyl adjacent to an activating group) is 1. The summed E-state index contributed by atoms with van der Waals surface area (Å²) in [5, 5.41) is 0. The molecule has 2 aromatic carbocycles. The van der Waals surface area contributed by atoms with E-state index in [4.69, 9.17) is 5.84 Å². The molecule has 0 unspecified atom stereocenters. The van der Waals surface area contributed by atoms with E-state index in [1.54, 1.807) is 6.07 Å². The first-order chi connectivity index (χ1) is 12.7. The van der Waals surface area contributed by atoms with Gasteiger partial charge >= 0.3 is 0 Å². The highest BCUT2D eigenvalue weighted by atomic mass is 16.2. The molecular formula is C19H22N6O. The van der Waals surface area contributed by atoms with Crippen LogP contribution in [0.5, 0.6) is 0 Å². The number of imidazole rings is 1. The number of nitrogens with two attached hydrogens (primary N) is 1. The van der Waals surface area contributed by atoms with Crippen molar-refractivity contribution in [2.24, 2.45) is 5.84 Å². The van der Waals surface area contributed by atoms with Crippen molar-refractivity contribution in [3.63, 3.8) is 0 Å². The molecule has 26 heavy (non-hydrogen) atoms. The van der Waals surface area contributed by atoms with Crippen LogP contribution in [0.1, 0.15) is 10.4 Å². The average molecular weight is 350 g/mol. The highest BCUT2D eigenvalue weighted by Gasteiger charge is 2.16. The van der Waals surface area contributed by atoms with E-state index in [-0.39, 0.29) is 5.91 Å². The maximum atomic E-state index is 11.9. The lowest BCUT2D eigenvalue weighted by atomic mass is 10.1. The maximum Gasteiger partial charge on any atom is 0.267 e.